The van der Waals surface area contributed by atoms with E-state index in [9.17, 15) is 9.59 Å². The Balaban J connectivity index is 1.51. The van der Waals surface area contributed by atoms with Gasteiger partial charge in [-0.05, 0) is 81.3 Å². The third kappa shape index (κ3) is 7.86. The van der Waals surface area contributed by atoms with Crippen LogP contribution in [0.5, 0.6) is 0 Å². The highest BCUT2D eigenvalue weighted by Crippen LogP contribution is 2.36. The lowest BCUT2D eigenvalue weighted by Gasteiger charge is -2.20. The van der Waals surface area contributed by atoms with Crippen molar-refractivity contribution in [3.05, 3.63) is 70.6 Å². The van der Waals surface area contributed by atoms with Crippen LogP contribution in [-0.2, 0) is 14.3 Å². The molecule has 0 saturated heterocycles. The van der Waals surface area contributed by atoms with Crippen molar-refractivity contribution in [1.82, 2.24) is 4.98 Å². The van der Waals surface area contributed by atoms with Crippen LogP contribution in [0.2, 0.25) is 0 Å². The highest BCUT2D eigenvalue weighted by atomic mass is 32.1. The van der Waals surface area contributed by atoms with Crippen molar-refractivity contribution in [2.45, 2.75) is 40.5 Å². The maximum atomic E-state index is 12.8. The Hall–Kier alpha value is -3.89. The third-order valence-electron chi connectivity index (χ3n) is 6.27. The molecule has 0 fully saturated rings. The molecular formula is C31H34N4O4S2. The van der Waals surface area contributed by atoms with E-state index in [2.05, 4.69) is 34.0 Å². The van der Waals surface area contributed by atoms with Crippen molar-refractivity contribution < 1.29 is 19.1 Å². The molecule has 214 valence electrons. The van der Waals surface area contributed by atoms with Crippen LogP contribution in [0.1, 0.15) is 61.3 Å². The van der Waals surface area contributed by atoms with Gasteiger partial charge in [-0.1, -0.05) is 36.8 Å². The van der Waals surface area contributed by atoms with E-state index in [0.29, 0.717) is 28.4 Å². The minimum Gasteiger partial charge on any atom is -0.462 e. The number of aromatic nitrogens is 1. The normalized spacial score (nSPS) is 11.8. The largest absolute Gasteiger partial charge is 0.462 e. The number of carbonyl (C=O) groups excluding carboxylic acids is 2. The van der Waals surface area contributed by atoms with Crippen LogP contribution in [0.15, 0.2) is 64.8 Å². The first-order valence-electron chi connectivity index (χ1n) is 13.8. The van der Waals surface area contributed by atoms with E-state index in [1.54, 1.807) is 37.3 Å². The molecule has 0 saturated carbocycles. The minimum absolute atomic E-state index is 0.256. The second-order valence-electron chi connectivity index (χ2n) is 9.05. The topological polar surface area (TPSA) is 93.5 Å². The molecular weight excluding hydrogens is 556 g/mol. The molecule has 0 amide bonds. The Morgan fingerprint density at radius 2 is 1.61 bits per heavy atom. The molecule has 0 bridgehead atoms. The molecule has 0 aliphatic heterocycles. The molecule has 2 aromatic carbocycles. The molecule has 0 unspecified atom stereocenters. The number of carbonyl (C=O) groups is 2. The molecule has 2 aromatic heterocycles. The smallest absolute Gasteiger partial charge is 0.338 e. The van der Waals surface area contributed by atoms with Crippen molar-refractivity contribution in [3.63, 3.8) is 0 Å². The van der Waals surface area contributed by atoms with Crippen molar-refractivity contribution in [2.75, 3.05) is 31.2 Å². The summed E-state index contributed by atoms with van der Waals surface area (Å²) >= 11 is 2.90. The number of thiazole rings is 1. The molecule has 0 aliphatic rings. The van der Waals surface area contributed by atoms with E-state index in [4.69, 9.17) is 9.47 Å². The van der Waals surface area contributed by atoms with Gasteiger partial charge >= 0.3 is 11.9 Å². The van der Waals surface area contributed by atoms with Crippen LogP contribution in [0.25, 0.3) is 21.2 Å². The maximum Gasteiger partial charge on any atom is 0.338 e. The zero-order chi connectivity index (χ0) is 29.2. The maximum absolute atomic E-state index is 12.8. The van der Waals surface area contributed by atoms with Crippen molar-refractivity contribution in [2.24, 2.45) is 10.2 Å². The Bertz CT molecular complexity index is 1490. The van der Waals surface area contributed by atoms with Crippen molar-refractivity contribution in [1.29, 1.82) is 0 Å². The molecule has 0 N–H and O–H groups in total. The number of ether oxygens (including phenoxy) is 2. The zero-order valence-electron chi connectivity index (χ0n) is 23.8. The molecule has 0 atom stereocenters. The van der Waals surface area contributed by atoms with Gasteiger partial charge in [-0.3, -0.25) is 0 Å². The number of benzene rings is 2. The molecule has 41 heavy (non-hydrogen) atoms. The monoisotopic (exact) mass is 590 g/mol. The van der Waals surface area contributed by atoms with Gasteiger partial charge in [0.05, 0.1) is 34.7 Å². The van der Waals surface area contributed by atoms with Gasteiger partial charge < -0.3 is 14.4 Å². The lowest BCUT2D eigenvalue weighted by atomic mass is 10.0. The summed E-state index contributed by atoms with van der Waals surface area (Å²) < 4.78 is 11.6. The van der Waals surface area contributed by atoms with Gasteiger partial charge in [-0.15, -0.1) is 21.6 Å². The Morgan fingerprint density at radius 3 is 2.24 bits per heavy atom. The Labute approximate surface area is 248 Å². The van der Waals surface area contributed by atoms with Gasteiger partial charge in [0.1, 0.15) is 4.83 Å². The molecule has 4 rings (SSSR count). The molecule has 0 radical (unpaired) electrons. The summed E-state index contributed by atoms with van der Waals surface area (Å²) in [6.45, 7) is 10.6. The standard InChI is InChI=1S/C31H34N4O4S2/c1-5-9-18-39-29(36)22-12-10-21(11-13-22)26(30(37)38-8-4)19-25-20-27-28(40-25)32-31(41-27)34-33-23-14-16-24(17-15-23)35(6-2)7-3/h10-17,19-20H,5-9,18H2,1-4H3/b26-19-,34-33?. The molecule has 10 heteroatoms. The number of unbranched alkanes of at least 4 members (excludes halogenated alkanes) is 1. The van der Waals surface area contributed by atoms with Gasteiger partial charge in [0, 0.05) is 23.7 Å². The summed E-state index contributed by atoms with van der Waals surface area (Å²) in [5.74, 6) is -0.808. The summed E-state index contributed by atoms with van der Waals surface area (Å²) in [5, 5.41) is 9.26. The van der Waals surface area contributed by atoms with Crippen LogP contribution in [0.4, 0.5) is 16.5 Å². The van der Waals surface area contributed by atoms with Gasteiger partial charge in [-0.2, -0.15) is 0 Å². The van der Waals surface area contributed by atoms with E-state index in [0.717, 1.165) is 51.7 Å². The van der Waals surface area contributed by atoms with E-state index in [1.807, 2.05) is 37.3 Å². The number of hydrogen-bond donors (Lipinski definition) is 0. The number of rotatable bonds is 13. The van der Waals surface area contributed by atoms with Crippen LogP contribution >= 0.6 is 22.7 Å². The first-order valence-corrected chi connectivity index (χ1v) is 15.4. The van der Waals surface area contributed by atoms with E-state index < -0.39 is 5.97 Å². The highest BCUT2D eigenvalue weighted by molar-refractivity contribution is 7.29. The summed E-state index contributed by atoms with van der Waals surface area (Å²) in [7, 11) is 0. The van der Waals surface area contributed by atoms with E-state index in [-0.39, 0.29) is 12.6 Å². The first-order chi connectivity index (χ1) is 19.9. The fraction of sp³-hybridized carbons (Fsp3) is 0.323. The lowest BCUT2D eigenvalue weighted by molar-refractivity contribution is -0.136. The molecule has 0 spiro atoms. The highest BCUT2D eigenvalue weighted by Gasteiger charge is 2.17. The second kappa shape index (κ2) is 14.7. The number of azo groups is 1. The second-order valence-corrected chi connectivity index (χ2v) is 11.1. The van der Waals surface area contributed by atoms with Gasteiger partial charge in [0.15, 0.2) is 0 Å². The molecule has 8 nitrogen and oxygen atoms in total. The summed E-state index contributed by atoms with van der Waals surface area (Å²) in [5.41, 5.74) is 3.42. The lowest BCUT2D eigenvalue weighted by Crippen LogP contribution is -2.21. The van der Waals surface area contributed by atoms with Crippen LogP contribution in [0, 0.1) is 0 Å². The summed E-state index contributed by atoms with van der Waals surface area (Å²) in [6.07, 6.45) is 3.57. The Morgan fingerprint density at radius 1 is 0.902 bits per heavy atom. The summed E-state index contributed by atoms with van der Waals surface area (Å²) in [6, 6.07) is 16.8. The number of hydrogen-bond acceptors (Lipinski definition) is 10. The number of esters is 2. The average Bonchev–Trinajstić information content (AvgIpc) is 3.55. The molecule has 2 heterocycles. The Kier molecular flexibility index (Phi) is 10.8. The fourth-order valence-corrected chi connectivity index (χ4v) is 6.05. The van der Waals surface area contributed by atoms with Gasteiger partial charge in [0.2, 0.25) is 5.13 Å². The first kappa shape index (κ1) is 30.1. The quantitative estimate of drug-likeness (QED) is 0.0669. The molecule has 4 aromatic rings. The minimum atomic E-state index is -0.433. The van der Waals surface area contributed by atoms with Crippen LogP contribution < -0.4 is 4.90 Å². The number of fused-ring (bicyclic) bond motifs is 1. The number of anilines is 1. The van der Waals surface area contributed by atoms with Crippen molar-refractivity contribution >= 4 is 72.3 Å². The predicted molar refractivity (Wildman–Crippen MR) is 168 cm³/mol. The average molecular weight is 591 g/mol. The number of thiophene rings is 1. The van der Waals surface area contributed by atoms with Gasteiger partial charge in [-0.25, -0.2) is 14.6 Å². The van der Waals surface area contributed by atoms with Gasteiger partial charge in [0.25, 0.3) is 0 Å². The zero-order valence-corrected chi connectivity index (χ0v) is 25.4. The predicted octanol–water partition coefficient (Wildman–Crippen LogP) is 8.68. The SMILES string of the molecule is CCCCOC(=O)c1ccc(/C(=C/c2cc3sc(N=Nc4ccc(N(CC)CC)cc4)nc3s2)C(=O)OCC)cc1. The molecule has 0 aliphatic carbocycles. The van der Waals surface area contributed by atoms with Crippen molar-refractivity contribution in [3.8, 4) is 0 Å². The third-order valence-corrected chi connectivity index (χ3v) is 8.26. The van der Waals surface area contributed by atoms with E-state index in [1.165, 1.54) is 22.7 Å². The van der Waals surface area contributed by atoms with Crippen LogP contribution in [-0.4, -0.2) is 43.2 Å². The fourth-order valence-electron chi connectivity index (χ4n) is 4.06. The van der Waals surface area contributed by atoms with E-state index >= 15 is 0 Å². The summed E-state index contributed by atoms with van der Waals surface area (Å²) in [4.78, 5) is 33.7. The number of nitrogens with zero attached hydrogens (tertiary/aromatic N) is 4. The van der Waals surface area contributed by atoms with Crippen LogP contribution in [0.3, 0.4) is 0 Å².